The molecule has 0 aliphatic rings. The van der Waals surface area contributed by atoms with E-state index in [4.69, 9.17) is 8.85 Å². The van der Waals surface area contributed by atoms with Crippen molar-refractivity contribution in [3.05, 3.63) is 57.8 Å². The lowest BCUT2D eigenvalue weighted by Gasteiger charge is -2.27. The first-order valence-corrected chi connectivity index (χ1v) is 7.80. The molecule has 0 fully saturated rings. The maximum Gasteiger partial charge on any atom is 0.408 e. The van der Waals surface area contributed by atoms with Gasteiger partial charge in [-0.05, 0) is 19.3 Å². The molecular weight excluding hydrogens is 354 g/mol. The Morgan fingerprint density at radius 2 is 2.04 bits per heavy atom. The van der Waals surface area contributed by atoms with Gasteiger partial charge in [0.2, 0.25) is 5.75 Å². The molecule has 0 spiro atoms. The number of hydrogen-bond donors (Lipinski definition) is 2. The zero-order valence-electron chi connectivity index (χ0n) is 18.0. The first kappa shape index (κ1) is 15.9. The van der Waals surface area contributed by atoms with Crippen molar-refractivity contribution in [3.8, 4) is 5.75 Å². The standard InChI is InChI=1S/C18H21N3O6/c1-18(2,20-17(25)27-10-11-8-6-5-7-9-11)16-19-12(15(24)26-4)13(22)14(23)21(16)3/h5-9,22H,10H2,1-4H3,(H,20,25)/i1D3. The molecule has 144 valence electrons. The van der Waals surface area contributed by atoms with Gasteiger partial charge in [0.1, 0.15) is 12.4 Å². The lowest BCUT2D eigenvalue weighted by atomic mass is 10.0. The largest absolute Gasteiger partial charge is 0.501 e. The van der Waals surface area contributed by atoms with Crippen LogP contribution in [0.25, 0.3) is 0 Å². The number of ether oxygens (including phenoxy) is 2. The van der Waals surface area contributed by atoms with E-state index in [9.17, 15) is 19.5 Å². The third-order valence-electron chi connectivity index (χ3n) is 3.66. The van der Waals surface area contributed by atoms with Crippen molar-refractivity contribution in [1.29, 1.82) is 0 Å². The number of aromatic nitrogens is 2. The topological polar surface area (TPSA) is 120 Å². The first-order chi connectivity index (χ1) is 13.9. The molecule has 0 radical (unpaired) electrons. The molecule has 2 aromatic rings. The maximum atomic E-state index is 12.4. The molecule has 9 heteroatoms. The summed E-state index contributed by atoms with van der Waals surface area (Å²) in [7, 11) is 2.15. The molecule has 0 aliphatic heterocycles. The van der Waals surface area contributed by atoms with Crippen molar-refractivity contribution >= 4 is 12.1 Å². The highest BCUT2D eigenvalue weighted by molar-refractivity contribution is 5.89. The van der Waals surface area contributed by atoms with Gasteiger partial charge in [-0.25, -0.2) is 14.6 Å². The lowest BCUT2D eigenvalue weighted by molar-refractivity contribution is 0.0588. The number of carbonyl (C=O) groups excluding carboxylic acids is 2. The van der Waals surface area contributed by atoms with Gasteiger partial charge in [0.05, 0.1) is 12.6 Å². The Labute approximate surface area is 159 Å². The van der Waals surface area contributed by atoms with Crippen LogP contribution in [0, 0.1) is 0 Å². The summed E-state index contributed by atoms with van der Waals surface area (Å²) in [6, 6.07) is 8.70. The molecule has 2 rings (SSSR count). The second kappa shape index (κ2) is 7.90. The van der Waals surface area contributed by atoms with Crippen LogP contribution in [0.2, 0.25) is 0 Å². The van der Waals surface area contributed by atoms with Gasteiger partial charge in [0, 0.05) is 11.2 Å². The van der Waals surface area contributed by atoms with Crippen LogP contribution < -0.4 is 10.9 Å². The minimum atomic E-state index is -2.92. The lowest BCUT2D eigenvalue weighted by Crippen LogP contribution is -2.45. The third kappa shape index (κ3) is 4.43. The van der Waals surface area contributed by atoms with Gasteiger partial charge < -0.3 is 19.9 Å². The van der Waals surface area contributed by atoms with Crippen LogP contribution in [0.1, 0.15) is 39.8 Å². The fraction of sp³-hybridized carbons (Fsp3) is 0.333. The predicted molar refractivity (Wildman–Crippen MR) is 95.3 cm³/mol. The highest BCUT2D eigenvalue weighted by Crippen LogP contribution is 2.20. The number of benzene rings is 1. The Kier molecular flexibility index (Phi) is 4.64. The summed E-state index contributed by atoms with van der Waals surface area (Å²) in [4.78, 5) is 40.4. The maximum absolute atomic E-state index is 12.4. The van der Waals surface area contributed by atoms with Crippen LogP contribution in [0.4, 0.5) is 4.79 Å². The molecule has 0 bridgehead atoms. The molecule has 1 aromatic carbocycles. The number of esters is 1. The number of rotatable bonds is 5. The predicted octanol–water partition coefficient (Wildman–Crippen LogP) is 1.43. The van der Waals surface area contributed by atoms with Crippen molar-refractivity contribution < 1.29 is 28.3 Å². The Bertz CT molecular complexity index is 1010. The summed E-state index contributed by atoms with van der Waals surface area (Å²) < 4.78 is 33.9. The molecule has 9 nitrogen and oxygen atoms in total. The van der Waals surface area contributed by atoms with E-state index < -0.39 is 47.3 Å². The highest BCUT2D eigenvalue weighted by atomic mass is 16.5. The number of hydrogen-bond acceptors (Lipinski definition) is 7. The van der Waals surface area contributed by atoms with Gasteiger partial charge in [-0.15, -0.1) is 0 Å². The quantitative estimate of drug-likeness (QED) is 0.755. The third-order valence-corrected chi connectivity index (χ3v) is 3.66. The van der Waals surface area contributed by atoms with E-state index in [-0.39, 0.29) is 6.61 Å². The molecular formula is C18H21N3O6. The summed E-state index contributed by atoms with van der Waals surface area (Å²) >= 11 is 0. The number of nitrogens with zero attached hydrogens (tertiary/aromatic N) is 2. The minimum Gasteiger partial charge on any atom is -0.501 e. The van der Waals surface area contributed by atoms with Crippen molar-refractivity contribution in [2.45, 2.75) is 25.9 Å². The van der Waals surface area contributed by atoms with Crippen molar-refractivity contribution in [1.82, 2.24) is 14.9 Å². The fourth-order valence-corrected chi connectivity index (χ4v) is 2.30. The molecule has 2 N–H and O–H groups in total. The normalized spacial score (nSPS) is 14.9. The Morgan fingerprint density at radius 3 is 2.63 bits per heavy atom. The van der Waals surface area contributed by atoms with Gasteiger partial charge in [0.15, 0.2) is 5.69 Å². The number of nitrogens with one attached hydrogen (secondary N) is 1. The zero-order chi connectivity index (χ0) is 22.7. The number of alkyl carbamates (subject to hydrolysis) is 1. The number of carbonyl (C=O) groups is 2. The number of methoxy groups -OCH3 is 1. The molecule has 1 atom stereocenters. The number of aromatic hydroxyl groups is 1. The van der Waals surface area contributed by atoms with Crippen LogP contribution in [0.5, 0.6) is 5.75 Å². The molecule has 1 amide bonds. The molecule has 1 unspecified atom stereocenters. The monoisotopic (exact) mass is 378 g/mol. The van der Waals surface area contributed by atoms with Crippen molar-refractivity contribution in [2.24, 2.45) is 7.05 Å². The second-order valence-electron chi connectivity index (χ2n) is 5.80. The van der Waals surface area contributed by atoms with Crippen molar-refractivity contribution in [3.63, 3.8) is 0 Å². The summed E-state index contributed by atoms with van der Waals surface area (Å²) in [5.41, 5.74) is -3.43. The van der Waals surface area contributed by atoms with Gasteiger partial charge in [-0.1, -0.05) is 30.3 Å². The molecule has 0 saturated heterocycles. The van der Waals surface area contributed by atoms with E-state index in [1.807, 2.05) is 0 Å². The molecule has 1 aromatic heterocycles. The van der Waals surface area contributed by atoms with Crippen LogP contribution in [0.3, 0.4) is 0 Å². The molecule has 0 saturated carbocycles. The van der Waals surface area contributed by atoms with Crippen LogP contribution in [-0.4, -0.2) is 33.8 Å². The summed E-state index contributed by atoms with van der Waals surface area (Å²) in [5, 5.41) is 12.1. The fourth-order valence-electron chi connectivity index (χ4n) is 2.30. The zero-order valence-corrected chi connectivity index (χ0v) is 15.0. The van der Waals surface area contributed by atoms with Gasteiger partial charge >= 0.3 is 12.1 Å². The van der Waals surface area contributed by atoms with Crippen LogP contribution in [-0.2, 0) is 28.7 Å². The first-order valence-electron chi connectivity index (χ1n) is 9.30. The van der Waals surface area contributed by atoms with E-state index in [0.717, 1.165) is 25.6 Å². The van der Waals surface area contributed by atoms with Crippen LogP contribution in [0.15, 0.2) is 35.1 Å². The molecule has 27 heavy (non-hydrogen) atoms. The average Bonchev–Trinajstić information content (AvgIpc) is 2.70. The van der Waals surface area contributed by atoms with E-state index >= 15 is 0 Å². The van der Waals surface area contributed by atoms with Crippen LogP contribution >= 0.6 is 0 Å². The smallest absolute Gasteiger partial charge is 0.408 e. The average molecular weight is 378 g/mol. The van der Waals surface area contributed by atoms with E-state index in [1.165, 1.54) is 0 Å². The Balaban J connectivity index is 2.46. The van der Waals surface area contributed by atoms with Gasteiger partial charge in [0.25, 0.3) is 5.56 Å². The van der Waals surface area contributed by atoms with Crippen molar-refractivity contribution in [2.75, 3.05) is 7.11 Å². The second-order valence-corrected chi connectivity index (χ2v) is 5.80. The van der Waals surface area contributed by atoms with Gasteiger partial charge in [-0.3, -0.25) is 9.36 Å². The minimum absolute atomic E-state index is 0.126. The SMILES string of the molecule is [2H]C([2H])([2H])C(C)(NC(=O)OCc1ccccc1)c1nc(C(=O)OC)c(O)c(=O)n1C. The summed E-state index contributed by atoms with van der Waals surface area (Å²) in [6.07, 6.45) is -1.08. The van der Waals surface area contributed by atoms with Gasteiger partial charge in [-0.2, -0.15) is 0 Å². The molecule has 1 heterocycles. The highest BCUT2D eigenvalue weighted by Gasteiger charge is 2.31. The summed E-state index contributed by atoms with van der Waals surface area (Å²) in [5.74, 6) is -2.65. The van der Waals surface area contributed by atoms with E-state index in [1.54, 1.807) is 30.3 Å². The molecule has 0 aliphatic carbocycles. The number of amides is 1. The van der Waals surface area contributed by atoms with E-state index in [2.05, 4.69) is 15.0 Å². The summed E-state index contributed by atoms with van der Waals surface area (Å²) in [6.45, 7) is -1.94. The Morgan fingerprint density at radius 1 is 1.37 bits per heavy atom. The van der Waals surface area contributed by atoms with E-state index in [0.29, 0.717) is 5.56 Å². The Hall–Kier alpha value is -3.36.